The van der Waals surface area contributed by atoms with Gasteiger partial charge in [-0.15, -0.1) is 0 Å². The van der Waals surface area contributed by atoms with E-state index in [1.165, 1.54) is 6.92 Å². The van der Waals surface area contributed by atoms with Crippen LogP contribution >= 0.6 is 0 Å². The molecule has 0 radical (unpaired) electrons. The van der Waals surface area contributed by atoms with Crippen LogP contribution in [-0.2, 0) is 20.4 Å². The molecule has 1 aliphatic rings. The number of carbonyl (C=O) groups excluding carboxylic acids is 2. The van der Waals surface area contributed by atoms with Crippen LogP contribution in [0.4, 0.5) is 0 Å². The summed E-state index contributed by atoms with van der Waals surface area (Å²) in [6.45, 7) is 6.43. The highest BCUT2D eigenvalue weighted by atomic mass is 32.2. The maximum absolute atomic E-state index is 12.4. The second-order valence-electron chi connectivity index (χ2n) is 4.74. The molecule has 0 unspecified atom stereocenters. The van der Waals surface area contributed by atoms with E-state index in [0.29, 0.717) is 24.6 Å². The lowest BCUT2D eigenvalue weighted by Gasteiger charge is -2.32. The van der Waals surface area contributed by atoms with Crippen molar-refractivity contribution in [2.75, 3.05) is 24.6 Å². The van der Waals surface area contributed by atoms with Crippen LogP contribution in [0.1, 0.15) is 27.2 Å². The first-order valence-electron chi connectivity index (χ1n) is 6.36. The molecule has 0 aromatic carbocycles. The van der Waals surface area contributed by atoms with E-state index in [2.05, 4.69) is 5.32 Å². The lowest BCUT2D eigenvalue weighted by molar-refractivity contribution is -0.137. The second-order valence-corrected chi connectivity index (χ2v) is 6.43. The first kappa shape index (κ1) is 15.1. The van der Waals surface area contributed by atoms with E-state index >= 15 is 0 Å². The van der Waals surface area contributed by atoms with Gasteiger partial charge in [-0.2, -0.15) is 0 Å². The predicted octanol–water partition coefficient (Wildman–Crippen LogP) is 0.128. The van der Waals surface area contributed by atoms with Gasteiger partial charge >= 0.3 is 0 Å². The molecule has 1 rings (SSSR count). The maximum atomic E-state index is 12.4. The molecule has 18 heavy (non-hydrogen) atoms. The van der Waals surface area contributed by atoms with Gasteiger partial charge in [-0.1, -0.05) is 20.3 Å². The summed E-state index contributed by atoms with van der Waals surface area (Å²) >= 11 is 0. The zero-order valence-electron chi connectivity index (χ0n) is 11.3. The zero-order valence-corrected chi connectivity index (χ0v) is 12.1. The van der Waals surface area contributed by atoms with Crippen molar-refractivity contribution in [3.63, 3.8) is 0 Å². The summed E-state index contributed by atoms with van der Waals surface area (Å²) in [5, 5.41) is 2.73. The minimum Gasteiger partial charge on any atom is -0.344 e. The van der Waals surface area contributed by atoms with Crippen LogP contribution in [0.5, 0.6) is 0 Å². The predicted molar refractivity (Wildman–Crippen MR) is 71.5 cm³/mol. The Morgan fingerprint density at radius 2 is 1.89 bits per heavy atom. The average molecular weight is 274 g/mol. The SMILES string of the molecule is CC[C@H](C)[C@H](NC(C)=O)C(=O)N1CCS(=O)CC1. The van der Waals surface area contributed by atoms with E-state index in [1.807, 2.05) is 13.8 Å². The van der Waals surface area contributed by atoms with Crippen LogP contribution in [0.15, 0.2) is 0 Å². The Hall–Kier alpha value is -0.910. The first-order valence-corrected chi connectivity index (χ1v) is 7.85. The highest BCUT2D eigenvalue weighted by molar-refractivity contribution is 7.85. The molecule has 0 aromatic heterocycles. The van der Waals surface area contributed by atoms with Crippen molar-refractivity contribution in [1.82, 2.24) is 10.2 Å². The number of rotatable bonds is 4. The van der Waals surface area contributed by atoms with Crippen LogP contribution in [-0.4, -0.2) is 51.6 Å². The zero-order chi connectivity index (χ0) is 13.7. The molecular formula is C12H22N2O3S. The minimum absolute atomic E-state index is 0.0451. The minimum atomic E-state index is -0.795. The molecule has 6 heteroatoms. The molecule has 2 atom stereocenters. The fourth-order valence-electron chi connectivity index (χ4n) is 1.96. The molecule has 0 saturated carbocycles. The van der Waals surface area contributed by atoms with Gasteiger partial charge in [0.1, 0.15) is 6.04 Å². The summed E-state index contributed by atoms with van der Waals surface area (Å²) in [6.07, 6.45) is 0.830. The summed E-state index contributed by atoms with van der Waals surface area (Å²) in [7, 11) is -0.795. The Morgan fingerprint density at radius 3 is 2.33 bits per heavy atom. The van der Waals surface area contributed by atoms with Gasteiger partial charge in [-0.05, 0) is 5.92 Å². The maximum Gasteiger partial charge on any atom is 0.245 e. The first-order chi connectivity index (χ1) is 8.45. The van der Waals surface area contributed by atoms with Crippen molar-refractivity contribution in [2.45, 2.75) is 33.2 Å². The smallest absolute Gasteiger partial charge is 0.245 e. The topological polar surface area (TPSA) is 66.5 Å². The summed E-state index contributed by atoms with van der Waals surface area (Å²) in [5.74, 6) is 0.956. The largest absolute Gasteiger partial charge is 0.344 e. The van der Waals surface area contributed by atoms with Gasteiger partial charge in [-0.25, -0.2) is 0 Å². The van der Waals surface area contributed by atoms with Crippen molar-refractivity contribution in [3.05, 3.63) is 0 Å². The number of hydrogen-bond acceptors (Lipinski definition) is 3. The number of amides is 2. The van der Waals surface area contributed by atoms with Crippen molar-refractivity contribution >= 4 is 22.6 Å². The van der Waals surface area contributed by atoms with E-state index in [9.17, 15) is 13.8 Å². The van der Waals surface area contributed by atoms with Gasteiger partial charge in [0, 0.05) is 42.3 Å². The normalized spacial score (nSPS) is 20.3. The highest BCUT2D eigenvalue weighted by Crippen LogP contribution is 2.12. The number of nitrogens with zero attached hydrogens (tertiary/aromatic N) is 1. The Kier molecular flexibility index (Phi) is 5.78. The summed E-state index contributed by atoms with van der Waals surface area (Å²) in [4.78, 5) is 25.3. The molecule has 1 saturated heterocycles. The molecule has 0 aromatic rings. The van der Waals surface area contributed by atoms with Gasteiger partial charge in [0.2, 0.25) is 11.8 Å². The van der Waals surface area contributed by atoms with Crippen molar-refractivity contribution in [3.8, 4) is 0 Å². The molecule has 1 aliphatic heterocycles. The molecule has 104 valence electrons. The second kappa shape index (κ2) is 6.87. The molecule has 5 nitrogen and oxygen atoms in total. The molecular weight excluding hydrogens is 252 g/mol. The summed E-state index contributed by atoms with van der Waals surface area (Å²) < 4.78 is 11.3. The Bertz CT molecular complexity index is 336. The van der Waals surface area contributed by atoms with E-state index in [0.717, 1.165) is 6.42 Å². The number of hydrogen-bond donors (Lipinski definition) is 1. The Labute approximate surface area is 111 Å². The van der Waals surface area contributed by atoms with Gasteiger partial charge in [0.15, 0.2) is 0 Å². The molecule has 0 bridgehead atoms. The lowest BCUT2D eigenvalue weighted by atomic mass is 9.97. The van der Waals surface area contributed by atoms with E-state index in [1.54, 1.807) is 4.90 Å². The van der Waals surface area contributed by atoms with Crippen LogP contribution in [0.3, 0.4) is 0 Å². The molecule has 1 N–H and O–H groups in total. The average Bonchev–Trinajstić information content (AvgIpc) is 2.35. The fraction of sp³-hybridized carbons (Fsp3) is 0.833. The Morgan fingerprint density at radius 1 is 1.33 bits per heavy atom. The quantitative estimate of drug-likeness (QED) is 0.792. The lowest BCUT2D eigenvalue weighted by Crippen LogP contribution is -2.54. The molecule has 0 aliphatic carbocycles. The third-order valence-corrected chi connectivity index (χ3v) is 4.60. The number of carbonyl (C=O) groups is 2. The van der Waals surface area contributed by atoms with Crippen LogP contribution in [0.2, 0.25) is 0 Å². The van der Waals surface area contributed by atoms with Crippen molar-refractivity contribution in [2.24, 2.45) is 5.92 Å². The third-order valence-electron chi connectivity index (χ3n) is 3.33. The van der Waals surface area contributed by atoms with Crippen LogP contribution < -0.4 is 5.32 Å². The molecule has 0 spiro atoms. The number of nitrogens with one attached hydrogen (secondary N) is 1. The van der Waals surface area contributed by atoms with Crippen LogP contribution in [0, 0.1) is 5.92 Å². The van der Waals surface area contributed by atoms with E-state index in [4.69, 9.17) is 0 Å². The standard InChI is InChI=1S/C12H22N2O3S/c1-4-9(2)11(13-10(3)15)12(16)14-5-7-18(17)8-6-14/h9,11H,4-8H2,1-3H3,(H,13,15)/t9-,11-/m0/s1. The molecule has 1 fully saturated rings. The van der Waals surface area contributed by atoms with Crippen molar-refractivity contribution < 1.29 is 13.8 Å². The monoisotopic (exact) mass is 274 g/mol. The van der Waals surface area contributed by atoms with E-state index < -0.39 is 16.8 Å². The van der Waals surface area contributed by atoms with Gasteiger partial charge in [-0.3, -0.25) is 13.8 Å². The van der Waals surface area contributed by atoms with Crippen LogP contribution in [0.25, 0.3) is 0 Å². The summed E-state index contributed by atoms with van der Waals surface area (Å²) in [5.41, 5.74) is 0. The molecule has 2 amide bonds. The highest BCUT2D eigenvalue weighted by Gasteiger charge is 2.30. The summed E-state index contributed by atoms with van der Waals surface area (Å²) in [6, 6.07) is -0.459. The Balaban J connectivity index is 2.69. The van der Waals surface area contributed by atoms with Gasteiger partial charge < -0.3 is 10.2 Å². The van der Waals surface area contributed by atoms with Crippen molar-refractivity contribution in [1.29, 1.82) is 0 Å². The third kappa shape index (κ3) is 4.08. The molecule has 1 heterocycles. The fourth-order valence-corrected chi connectivity index (χ4v) is 3.01. The van der Waals surface area contributed by atoms with E-state index in [-0.39, 0.29) is 17.7 Å². The van der Waals surface area contributed by atoms with Gasteiger partial charge in [0.05, 0.1) is 0 Å². The van der Waals surface area contributed by atoms with Gasteiger partial charge in [0.25, 0.3) is 0 Å².